The predicted octanol–water partition coefficient (Wildman–Crippen LogP) is 3.95. The maximum Gasteiger partial charge on any atom is 0.128 e. The fourth-order valence-electron chi connectivity index (χ4n) is 2.65. The molecule has 0 radical (unpaired) electrons. The summed E-state index contributed by atoms with van der Waals surface area (Å²) in [5.74, 6) is 0.939. The largest absolute Gasteiger partial charge is 0.496 e. The molecule has 21 heavy (non-hydrogen) atoms. The van der Waals surface area contributed by atoms with Gasteiger partial charge in [0.15, 0.2) is 0 Å². The first-order chi connectivity index (χ1) is 10.2. The van der Waals surface area contributed by atoms with E-state index >= 15 is 0 Å². The van der Waals surface area contributed by atoms with Gasteiger partial charge in [-0.05, 0) is 25.8 Å². The van der Waals surface area contributed by atoms with Crippen LogP contribution in [0, 0.1) is 13.8 Å². The van der Waals surface area contributed by atoms with Crippen molar-refractivity contribution in [2.75, 3.05) is 7.11 Å². The number of aromatic nitrogens is 1. The monoisotopic (exact) mass is 284 g/mol. The smallest absolute Gasteiger partial charge is 0.128 e. The molecule has 0 aliphatic heterocycles. The zero-order valence-electron chi connectivity index (χ0n) is 13.3. The van der Waals surface area contributed by atoms with Gasteiger partial charge in [-0.15, -0.1) is 0 Å². The van der Waals surface area contributed by atoms with Crippen LogP contribution >= 0.6 is 0 Å². The molecule has 1 aromatic heterocycles. The van der Waals surface area contributed by atoms with Crippen LogP contribution in [0.1, 0.15) is 41.8 Å². The molecule has 1 heterocycles. The van der Waals surface area contributed by atoms with Gasteiger partial charge in [-0.3, -0.25) is 4.98 Å². The molecule has 0 aliphatic carbocycles. The number of aryl methyl sites for hydroxylation is 1. The average molecular weight is 284 g/mol. The first kappa shape index (κ1) is 15.5. The quantitative estimate of drug-likeness (QED) is 0.872. The van der Waals surface area contributed by atoms with Crippen LogP contribution in [-0.4, -0.2) is 12.1 Å². The molecule has 1 N–H and O–H groups in total. The van der Waals surface area contributed by atoms with E-state index in [9.17, 15) is 0 Å². The van der Waals surface area contributed by atoms with Crippen molar-refractivity contribution < 1.29 is 4.74 Å². The summed E-state index contributed by atoms with van der Waals surface area (Å²) >= 11 is 0. The van der Waals surface area contributed by atoms with Gasteiger partial charge in [-0.1, -0.05) is 37.3 Å². The normalized spacial score (nSPS) is 12.2. The Bertz CT molecular complexity index is 581. The van der Waals surface area contributed by atoms with Crippen LogP contribution in [0.5, 0.6) is 5.75 Å². The zero-order chi connectivity index (χ0) is 15.2. The first-order valence-corrected chi connectivity index (χ1v) is 7.44. The summed E-state index contributed by atoms with van der Waals surface area (Å²) in [6.07, 6.45) is 2.93. The molecule has 0 fully saturated rings. The van der Waals surface area contributed by atoms with E-state index < -0.39 is 0 Å². The summed E-state index contributed by atoms with van der Waals surface area (Å²) in [6.45, 7) is 7.03. The van der Waals surface area contributed by atoms with Crippen LogP contribution in [-0.2, 0) is 6.54 Å². The van der Waals surface area contributed by atoms with Gasteiger partial charge >= 0.3 is 0 Å². The molecule has 1 atom stereocenters. The van der Waals surface area contributed by atoms with Crippen molar-refractivity contribution in [3.63, 3.8) is 0 Å². The third-order valence-corrected chi connectivity index (χ3v) is 3.88. The number of pyridine rings is 1. The van der Waals surface area contributed by atoms with E-state index in [4.69, 9.17) is 4.74 Å². The van der Waals surface area contributed by atoms with E-state index in [1.54, 1.807) is 7.11 Å². The van der Waals surface area contributed by atoms with Crippen LogP contribution in [0.4, 0.5) is 0 Å². The van der Waals surface area contributed by atoms with Gasteiger partial charge in [0, 0.05) is 29.9 Å². The number of hydrogen-bond acceptors (Lipinski definition) is 3. The Labute approximate surface area is 127 Å². The maximum atomic E-state index is 5.47. The molecule has 112 valence electrons. The van der Waals surface area contributed by atoms with Crippen LogP contribution in [0.3, 0.4) is 0 Å². The van der Waals surface area contributed by atoms with Crippen LogP contribution in [0.25, 0.3) is 0 Å². The summed E-state index contributed by atoms with van der Waals surface area (Å²) in [5.41, 5.74) is 4.56. The lowest BCUT2D eigenvalue weighted by atomic mass is 10.0. The van der Waals surface area contributed by atoms with Crippen molar-refractivity contribution in [2.24, 2.45) is 0 Å². The van der Waals surface area contributed by atoms with Gasteiger partial charge in [-0.2, -0.15) is 0 Å². The van der Waals surface area contributed by atoms with Gasteiger partial charge in [-0.25, -0.2) is 0 Å². The number of nitrogens with one attached hydrogen (secondary N) is 1. The standard InChI is InChI=1S/C18H24N2O/c1-5-16(15-9-7-6-8-10-15)20-12-17-14(3)18(21-4)13(2)11-19-17/h6-11,16,20H,5,12H2,1-4H3. The molecule has 3 nitrogen and oxygen atoms in total. The van der Waals surface area contributed by atoms with E-state index in [0.29, 0.717) is 6.04 Å². The van der Waals surface area contributed by atoms with E-state index in [0.717, 1.165) is 35.5 Å². The molecule has 2 aromatic rings. The second-order valence-corrected chi connectivity index (χ2v) is 5.30. The molecule has 3 heteroatoms. The third kappa shape index (κ3) is 3.61. The van der Waals surface area contributed by atoms with Gasteiger partial charge in [0.05, 0.1) is 12.8 Å². The van der Waals surface area contributed by atoms with E-state index in [1.807, 2.05) is 19.2 Å². The van der Waals surface area contributed by atoms with Gasteiger partial charge in [0.1, 0.15) is 5.75 Å². The Morgan fingerprint density at radius 1 is 1.19 bits per heavy atom. The fourth-order valence-corrected chi connectivity index (χ4v) is 2.65. The molecule has 1 unspecified atom stereocenters. The minimum atomic E-state index is 0.347. The summed E-state index contributed by atoms with van der Waals surface area (Å²) < 4.78 is 5.47. The Hall–Kier alpha value is -1.87. The zero-order valence-corrected chi connectivity index (χ0v) is 13.3. The summed E-state index contributed by atoms with van der Waals surface area (Å²) in [6, 6.07) is 10.9. The number of hydrogen-bond donors (Lipinski definition) is 1. The minimum absolute atomic E-state index is 0.347. The summed E-state index contributed by atoms with van der Waals surface area (Å²) in [5, 5.41) is 3.60. The Balaban J connectivity index is 2.12. The van der Waals surface area contributed by atoms with Crippen molar-refractivity contribution in [3.05, 3.63) is 58.9 Å². The molecule has 0 aliphatic rings. The van der Waals surface area contributed by atoms with E-state index in [1.165, 1.54) is 5.56 Å². The minimum Gasteiger partial charge on any atom is -0.496 e. The lowest BCUT2D eigenvalue weighted by molar-refractivity contribution is 0.406. The van der Waals surface area contributed by atoms with Crippen molar-refractivity contribution >= 4 is 0 Å². The topological polar surface area (TPSA) is 34.2 Å². The molecule has 1 aromatic carbocycles. The van der Waals surface area contributed by atoms with Crippen molar-refractivity contribution in [1.82, 2.24) is 10.3 Å². The Kier molecular flexibility index (Phi) is 5.34. The first-order valence-electron chi connectivity index (χ1n) is 7.44. The van der Waals surface area contributed by atoms with Crippen LogP contribution in [0.2, 0.25) is 0 Å². The van der Waals surface area contributed by atoms with Crippen molar-refractivity contribution in [1.29, 1.82) is 0 Å². The molecule has 0 amide bonds. The molecular weight excluding hydrogens is 260 g/mol. The van der Waals surface area contributed by atoms with Gasteiger partial charge in [0.25, 0.3) is 0 Å². The highest BCUT2D eigenvalue weighted by atomic mass is 16.5. The molecule has 0 spiro atoms. The van der Waals surface area contributed by atoms with Gasteiger partial charge in [0.2, 0.25) is 0 Å². The van der Waals surface area contributed by atoms with Crippen LogP contribution < -0.4 is 10.1 Å². The van der Waals surface area contributed by atoms with Gasteiger partial charge < -0.3 is 10.1 Å². The molecule has 0 saturated carbocycles. The van der Waals surface area contributed by atoms with Crippen molar-refractivity contribution in [2.45, 2.75) is 39.8 Å². The molecule has 0 bridgehead atoms. The number of rotatable bonds is 6. The highest BCUT2D eigenvalue weighted by Crippen LogP contribution is 2.24. The average Bonchev–Trinajstić information content (AvgIpc) is 2.51. The number of nitrogens with zero attached hydrogens (tertiary/aromatic N) is 1. The second-order valence-electron chi connectivity index (χ2n) is 5.30. The number of ether oxygens (including phenoxy) is 1. The Morgan fingerprint density at radius 2 is 1.90 bits per heavy atom. The number of benzene rings is 1. The molecule has 0 saturated heterocycles. The lowest BCUT2D eigenvalue weighted by Gasteiger charge is -2.19. The highest BCUT2D eigenvalue weighted by molar-refractivity contribution is 5.41. The van der Waals surface area contributed by atoms with E-state index in [2.05, 4.69) is 48.4 Å². The highest BCUT2D eigenvalue weighted by Gasteiger charge is 2.12. The van der Waals surface area contributed by atoms with Crippen LogP contribution in [0.15, 0.2) is 36.5 Å². The predicted molar refractivity (Wildman–Crippen MR) is 86.6 cm³/mol. The summed E-state index contributed by atoms with van der Waals surface area (Å²) in [4.78, 5) is 4.54. The Morgan fingerprint density at radius 3 is 2.52 bits per heavy atom. The van der Waals surface area contributed by atoms with Crippen molar-refractivity contribution in [3.8, 4) is 5.75 Å². The SMILES string of the molecule is CCC(NCc1ncc(C)c(OC)c1C)c1ccccc1. The fraction of sp³-hybridized carbons (Fsp3) is 0.389. The molecular formula is C18H24N2O. The molecule has 2 rings (SSSR count). The maximum absolute atomic E-state index is 5.47. The second kappa shape index (κ2) is 7.23. The third-order valence-electron chi connectivity index (χ3n) is 3.88. The summed E-state index contributed by atoms with van der Waals surface area (Å²) in [7, 11) is 1.71. The number of methoxy groups -OCH3 is 1. The van der Waals surface area contributed by atoms with E-state index in [-0.39, 0.29) is 0 Å². The lowest BCUT2D eigenvalue weighted by Crippen LogP contribution is -2.21.